The van der Waals surface area contributed by atoms with Gasteiger partial charge in [-0.3, -0.25) is 91.1 Å². The molecule has 21 N–H and O–H groups in total. The molecule has 3 saturated heterocycles. The summed E-state index contributed by atoms with van der Waals surface area (Å²) in [4.78, 5) is 294. The van der Waals surface area contributed by atoms with E-state index in [0.717, 1.165) is 36.3 Å². The van der Waals surface area contributed by atoms with E-state index < -0.39 is 273 Å². The van der Waals surface area contributed by atoms with E-state index >= 15 is 38.4 Å². The number of carboxylic acids is 3. The maximum atomic E-state index is 15.8. The number of hydrogen-bond donors (Lipinski definition) is 19. The van der Waals surface area contributed by atoms with Crippen LogP contribution in [0.25, 0.3) is 21.8 Å². The summed E-state index contributed by atoms with van der Waals surface area (Å²) in [5, 5.41) is 69.0. The van der Waals surface area contributed by atoms with Crippen molar-refractivity contribution in [1.82, 2.24) is 97.6 Å². The molecule has 45 nitrogen and oxygen atoms in total. The molecule has 46 heteroatoms. The van der Waals surface area contributed by atoms with Gasteiger partial charge < -0.3 is 129 Å². The van der Waals surface area contributed by atoms with Crippen LogP contribution in [0.15, 0.2) is 97.7 Å². The van der Waals surface area contributed by atoms with Crippen molar-refractivity contribution in [2.24, 2.45) is 11.5 Å². The van der Waals surface area contributed by atoms with Gasteiger partial charge in [-0.15, -0.1) is 11.8 Å². The Balaban J connectivity index is 1.11. The highest BCUT2D eigenvalue weighted by atomic mass is 32.2. The van der Waals surface area contributed by atoms with Gasteiger partial charge in [-0.2, -0.15) is 0 Å². The number of unbranched alkanes of at least 4 members (excludes halogenated alkanes) is 2. The van der Waals surface area contributed by atoms with Crippen LogP contribution in [0.5, 0.6) is 5.75 Å². The van der Waals surface area contributed by atoms with Crippen LogP contribution >= 0.6 is 11.8 Å². The number of aromatic nitrogens is 4. The number of para-hydroxylation sites is 2. The molecule has 0 unspecified atom stereocenters. The summed E-state index contributed by atoms with van der Waals surface area (Å²) in [7, 11) is 5.21. The molecular formula is C91H123N21O24S. The number of nitrogens with two attached hydrogens (primary N) is 2. The van der Waals surface area contributed by atoms with Crippen molar-refractivity contribution in [2.45, 2.75) is 233 Å². The number of benzene rings is 3. The van der Waals surface area contributed by atoms with Crippen molar-refractivity contribution in [3.63, 3.8) is 0 Å². The van der Waals surface area contributed by atoms with E-state index in [0.29, 0.717) is 57.1 Å². The lowest BCUT2D eigenvalue weighted by molar-refractivity contribution is -0.149. The number of primary amides is 1. The quantitative estimate of drug-likeness (QED) is 0.0247. The van der Waals surface area contributed by atoms with Crippen LogP contribution in [0.1, 0.15) is 139 Å². The summed E-state index contributed by atoms with van der Waals surface area (Å²) in [6, 6.07) is -3.10. The minimum atomic E-state index is -2.11. The van der Waals surface area contributed by atoms with E-state index in [-0.39, 0.29) is 83.0 Å². The molecule has 742 valence electrons. The third kappa shape index (κ3) is 29.7. The standard InChI is InChI=1S/C91H123N21O24S/c1-8-10-21-69-84(128)100-60(28-30-75(116)117)80(124)107-68(79(123)97-44-73(93)114)46-137-47-74(115)99-66(35-50-24-26-55(136-7)27-25-50)87(131)108(4)49(3)78(122)101-62(32-33-92)89(133)111-34-16-23-70(111)85(129)105-64(38-53-43-94-48-98-53)82(126)102-61(29-31-76(118)119)90(134)112-45-54(113)39-72(112)86(130)104-63(36-51-41-95-58-19-14-12-17-56(51)58)81(125)103-65(40-77(120)121)83(127)106-67(37-52-42-96-59-20-15-13-18-57(52)59)88(132)110(6)71(22-11-9-2)91(135)109(69)5/h12-15,17-20,24-27,41-43,48-49,54,60-72,95-96,113H,8-11,16,21-23,28-40,44-47,92H2,1-7H3,(H2,93,114)(H,94,98)(H,97,123)(H,99,115)(H,100,128)(H,101,122)(H,102,126)(H,103,125)(H,104,130)(H,105,129)(H,106,127)(H,107,124)(H,116,117)(H,118,119)(H,120,121)/t49-,54+,60-,61-,62+,63-,64-,65-,66-,67-,68-,69-,70-,71-,72-/m0/s1. The number of hydrogen-bond acceptors (Lipinski definition) is 24. The fraction of sp³-hybridized carbons (Fsp3) is 0.516. The first-order valence-corrected chi connectivity index (χ1v) is 46.5. The second-order valence-corrected chi connectivity index (χ2v) is 35.3. The highest BCUT2D eigenvalue weighted by Gasteiger charge is 2.47. The number of aliphatic hydroxyl groups is 1. The van der Waals surface area contributed by atoms with Crippen molar-refractivity contribution in [1.29, 1.82) is 0 Å². The zero-order chi connectivity index (χ0) is 100. The molecule has 6 aromatic rings. The second kappa shape index (κ2) is 51.0. The normalized spacial score (nSPS) is 24.5. The van der Waals surface area contributed by atoms with E-state index in [1.807, 2.05) is 0 Å². The fourth-order valence-electron chi connectivity index (χ4n) is 16.7. The lowest BCUT2D eigenvalue weighted by atomic mass is 9.99. The Morgan fingerprint density at radius 2 is 1.04 bits per heavy atom. The minimum Gasteiger partial charge on any atom is -0.497 e. The number of carbonyl (C=O) groups is 19. The van der Waals surface area contributed by atoms with Crippen LogP contribution in [-0.2, 0) is 117 Å². The van der Waals surface area contributed by atoms with E-state index in [1.165, 1.54) is 53.9 Å². The highest BCUT2D eigenvalue weighted by Crippen LogP contribution is 2.28. The van der Waals surface area contributed by atoms with Gasteiger partial charge >= 0.3 is 17.9 Å². The average Bonchev–Trinajstić information content (AvgIpc) is 1.76. The monoisotopic (exact) mass is 1930 g/mol. The number of nitrogens with zero attached hydrogens (tertiary/aromatic N) is 6. The second-order valence-electron chi connectivity index (χ2n) is 34.2. The van der Waals surface area contributed by atoms with Gasteiger partial charge in [0.05, 0.1) is 38.3 Å². The van der Waals surface area contributed by atoms with Gasteiger partial charge in [0.2, 0.25) is 94.5 Å². The van der Waals surface area contributed by atoms with Crippen LogP contribution in [0.3, 0.4) is 0 Å². The van der Waals surface area contributed by atoms with E-state index in [4.69, 9.17) is 16.2 Å². The number of amides is 16. The molecule has 15 atom stereocenters. The maximum absolute atomic E-state index is 15.8. The van der Waals surface area contributed by atoms with Crippen LogP contribution < -0.4 is 69.4 Å². The molecule has 3 aliphatic rings. The van der Waals surface area contributed by atoms with Crippen molar-refractivity contribution >= 4 is 146 Å². The third-order valence-corrected chi connectivity index (χ3v) is 25.4. The van der Waals surface area contributed by atoms with Gasteiger partial charge in [0.25, 0.3) is 0 Å². The number of likely N-dealkylation sites (N-methyl/N-ethyl adjacent to an activating group) is 3. The molecule has 3 aromatic heterocycles. The number of fused-ring (bicyclic) bond motifs is 4. The smallest absolute Gasteiger partial charge is 0.305 e. The molecule has 3 fully saturated rings. The van der Waals surface area contributed by atoms with Gasteiger partial charge in [-0.25, -0.2) is 4.98 Å². The number of aromatic amines is 3. The molecular weight excluding hydrogens is 1800 g/mol. The Bertz CT molecular complexity index is 5320. The molecule has 16 amide bonds. The molecule has 3 aliphatic heterocycles. The first-order valence-electron chi connectivity index (χ1n) is 45.3. The van der Waals surface area contributed by atoms with Gasteiger partial charge in [0.1, 0.15) is 90.3 Å². The average molecular weight is 1930 g/mol. The lowest BCUT2D eigenvalue weighted by Crippen LogP contribution is -2.61. The maximum Gasteiger partial charge on any atom is 0.305 e. The summed E-state index contributed by atoms with van der Waals surface area (Å²) in [6.07, 6.45) is -0.686. The molecule has 9 rings (SSSR count). The Labute approximate surface area is 792 Å². The van der Waals surface area contributed by atoms with Crippen LogP contribution in [0.4, 0.5) is 0 Å². The van der Waals surface area contributed by atoms with Crippen molar-refractivity contribution in [3.8, 4) is 5.75 Å². The van der Waals surface area contributed by atoms with E-state index in [9.17, 15) is 73.2 Å². The van der Waals surface area contributed by atoms with Crippen LogP contribution in [-0.4, -0.2) is 334 Å². The first-order chi connectivity index (χ1) is 65.3. The molecule has 3 aromatic carbocycles. The summed E-state index contributed by atoms with van der Waals surface area (Å²) in [5.74, 6) is -21.4. The Hall–Kier alpha value is -14.1. The molecule has 0 radical (unpaired) electrons. The number of aliphatic carboxylic acids is 3. The molecule has 0 bridgehead atoms. The van der Waals surface area contributed by atoms with Crippen LogP contribution in [0.2, 0.25) is 0 Å². The number of rotatable bonds is 28. The van der Waals surface area contributed by atoms with Gasteiger partial charge in [0, 0.05) is 131 Å². The number of H-pyrrole nitrogens is 3. The SMILES string of the molecule is CCCC[C@H]1C(=O)N(C)[C@@H](CCCC)C(=O)N[C@@H](CCC(=O)O)C(=O)N[C@H](C(=O)NCC(N)=O)CSCC(=O)N[C@@H](Cc2ccc(OC)cc2)C(=O)N(C)[C@@H](C)C(=O)N[C@H](CCN)C(=O)N2CCC[C@H]2C(=O)N[C@@H](Cc2cnc[nH]2)C(=O)N[C@@H](CCC(=O)O)C(=O)N2C[C@H](O)C[C@H]2C(=O)N[C@@H](Cc2c[nH]c3ccccc23)C(=O)N[C@@H](CC(=O)O)C(=O)N[C@@H](Cc2c[nH]c3ccccc23)C(=O)N1C. The number of carboxylic acid groups (broad SMARTS) is 3. The predicted octanol–water partition coefficient (Wildman–Crippen LogP) is -2.25. The number of thioether (sulfide) groups is 1. The summed E-state index contributed by atoms with van der Waals surface area (Å²) >= 11 is 0.728. The molecule has 0 saturated carbocycles. The number of carbonyl (C=O) groups excluding carboxylic acids is 16. The zero-order valence-corrected chi connectivity index (χ0v) is 78.1. The van der Waals surface area contributed by atoms with Gasteiger partial charge in [0.15, 0.2) is 0 Å². The molecule has 0 aliphatic carbocycles. The zero-order valence-electron chi connectivity index (χ0n) is 77.3. The van der Waals surface area contributed by atoms with Gasteiger partial charge in [-0.05, 0) is 99.4 Å². The number of nitrogens with one attached hydrogen (secondary N) is 13. The van der Waals surface area contributed by atoms with Crippen LogP contribution in [0, 0.1) is 0 Å². The lowest BCUT2D eigenvalue weighted by Gasteiger charge is -2.36. The topological polar surface area (TPSA) is 663 Å². The minimum absolute atomic E-state index is 0.00719. The third-order valence-electron chi connectivity index (χ3n) is 24.4. The molecule has 0 spiro atoms. The predicted molar refractivity (Wildman–Crippen MR) is 495 cm³/mol. The summed E-state index contributed by atoms with van der Waals surface area (Å²) < 4.78 is 5.34. The Kier molecular flexibility index (Phi) is 39.7. The number of ether oxygens (including phenoxy) is 1. The number of methoxy groups -OCH3 is 1. The number of aliphatic hydroxyl groups excluding tert-OH is 1. The first kappa shape index (κ1) is 107. The van der Waals surface area contributed by atoms with E-state index in [2.05, 4.69) is 73.1 Å². The van der Waals surface area contributed by atoms with Crippen molar-refractivity contribution in [3.05, 3.63) is 120 Å². The number of imidazole rings is 1. The Morgan fingerprint density at radius 3 is 1.62 bits per heavy atom. The molecule has 137 heavy (non-hydrogen) atoms. The largest absolute Gasteiger partial charge is 0.497 e. The van der Waals surface area contributed by atoms with Crippen molar-refractivity contribution < 1.29 is 116 Å². The van der Waals surface area contributed by atoms with Crippen molar-refractivity contribution in [2.75, 3.05) is 65.9 Å². The highest BCUT2D eigenvalue weighted by molar-refractivity contribution is 8.00. The summed E-state index contributed by atoms with van der Waals surface area (Å²) in [6.45, 7) is 3.22. The van der Waals surface area contributed by atoms with E-state index in [1.54, 1.807) is 92.8 Å². The fourth-order valence-corrected chi connectivity index (χ4v) is 17.6. The summed E-state index contributed by atoms with van der Waals surface area (Å²) in [5.41, 5.74) is 14.1. The Morgan fingerprint density at radius 1 is 0.526 bits per heavy atom. The molecule has 6 heterocycles. The van der Waals surface area contributed by atoms with Gasteiger partial charge in [-0.1, -0.05) is 88.1 Å².